The van der Waals surface area contributed by atoms with Gasteiger partial charge in [-0.05, 0) is 13.0 Å². The first-order valence-electron chi connectivity index (χ1n) is 5.46. The molecule has 100 valence electrons. The summed E-state index contributed by atoms with van der Waals surface area (Å²) in [5, 5.41) is 6.09. The Morgan fingerprint density at radius 1 is 1.50 bits per heavy atom. The highest BCUT2D eigenvalue weighted by molar-refractivity contribution is 5.36. The monoisotopic (exact) mass is 262 g/mol. The van der Waals surface area contributed by atoms with E-state index in [1.54, 1.807) is 0 Å². The van der Waals surface area contributed by atoms with Crippen molar-refractivity contribution in [1.82, 2.24) is 15.3 Å². The molecule has 0 aliphatic carbocycles. The summed E-state index contributed by atoms with van der Waals surface area (Å²) in [4.78, 5) is 7.40. The van der Waals surface area contributed by atoms with E-state index in [2.05, 4.69) is 25.3 Å². The molecule has 1 aromatic rings. The van der Waals surface area contributed by atoms with Gasteiger partial charge in [0, 0.05) is 18.8 Å². The quantitative estimate of drug-likeness (QED) is 0.859. The zero-order chi connectivity index (χ0) is 13.2. The number of ether oxygens (including phenoxy) is 1. The molecule has 5 nitrogen and oxygen atoms in total. The van der Waals surface area contributed by atoms with Crippen molar-refractivity contribution in [2.45, 2.75) is 18.6 Å². The highest BCUT2D eigenvalue weighted by Crippen LogP contribution is 2.34. The predicted octanol–water partition coefficient (Wildman–Crippen LogP) is 1.28. The zero-order valence-electron chi connectivity index (χ0n) is 9.71. The van der Waals surface area contributed by atoms with Gasteiger partial charge in [0.1, 0.15) is 5.56 Å². The van der Waals surface area contributed by atoms with Crippen LogP contribution in [0.5, 0.6) is 5.88 Å². The van der Waals surface area contributed by atoms with Crippen molar-refractivity contribution in [3.63, 3.8) is 0 Å². The lowest BCUT2D eigenvalue weighted by Crippen LogP contribution is -2.23. The molecule has 1 saturated heterocycles. The van der Waals surface area contributed by atoms with Crippen molar-refractivity contribution in [2.24, 2.45) is 0 Å². The van der Waals surface area contributed by atoms with E-state index in [-0.39, 0.29) is 12.0 Å². The summed E-state index contributed by atoms with van der Waals surface area (Å²) in [7, 11) is 1.15. The number of nitrogens with zero attached hydrogens (tertiary/aromatic N) is 2. The van der Waals surface area contributed by atoms with Crippen LogP contribution in [0.25, 0.3) is 0 Å². The number of hydrogen-bond donors (Lipinski definition) is 2. The standard InChI is InChI=1S/C10H13F3N4O/c1-18-8-7(10(11,12)13)5-15-9(17-8)16-6-2-3-14-4-6/h5-6,14H,2-4H2,1H3,(H,15,16,17)/t6-/m1/s1. The predicted molar refractivity (Wildman–Crippen MR) is 58.5 cm³/mol. The lowest BCUT2D eigenvalue weighted by atomic mass is 10.3. The average Bonchev–Trinajstić information content (AvgIpc) is 2.80. The van der Waals surface area contributed by atoms with Gasteiger partial charge in [0.15, 0.2) is 0 Å². The Labute approximate surface area is 102 Å². The molecular formula is C10H13F3N4O. The van der Waals surface area contributed by atoms with E-state index in [4.69, 9.17) is 0 Å². The Bertz CT molecular complexity index is 418. The maximum atomic E-state index is 12.6. The third-order valence-electron chi connectivity index (χ3n) is 2.65. The molecule has 1 aromatic heterocycles. The van der Waals surface area contributed by atoms with Crippen LogP contribution in [0.1, 0.15) is 12.0 Å². The van der Waals surface area contributed by atoms with Gasteiger partial charge in [-0.1, -0.05) is 0 Å². The number of halogens is 3. The first-order chi connectivity index (χ1) is 8.50. The molecular weight excluding hydrogens is 249 g/mol. The molecule has 18 heavy (non-hydrogen) atoms. The molecule has 1 fully saturated rings. The van der Waals surface area contributed by atoms with Gasteiger partial charge in [-0.25, -0.2) is 4.98 Å². The minimum atomic E-state index is -4.52. The number of anilines is 1. The van der Waals surface area contributed by atoms with Crippen molar-refractivity contribution >= 4 is 5.95 Å². The molecule has 1 atom stereocenters. The summed E-state index contributed by atoms with van der Waals surface area (Å²) in [6.07, 6.45) is -2.90. The van der Waals surface area contributed by atoms with Gasteiger partial charge < -0.3 is 15.4 Å². The fourth-order valence-corrected chi connectivity index (χ4v) is 1.75. The van der Waals surface area contributed by atoms with Gasteiger partial charge in [-0.3, -0.25) is 0 Å². The maximum Gasteiger partial charge on any atom is 0.423 e. The summed E-state index contributed by atoms with van der Waals surface area (Å²) in [5.74, 6) is -0.320. The normalized spacial score (nSPS) is 19.9. The highest BCUT2D eigenvalue weighted by atomic mass is 19.4. The SMILES string of the molecule is COc1nc(N[C@@H]2CCNC2)ncc1C(F)(F)F. The second-order valence-corrected chi connectivity index (χ2v) is 3.95. The Kier molecular flexibility index (Phi) is 3.55. The molecule has 2 rings (SSSR count). The Morgan fingerprint density at radius 3 is 2.83 bits per heavy atom. The van der Waals surface area contributed by atoms with Gasteiger partial charge in [-0.2, -0.15) is 18.2 Å². The zero-order valence-corrected chi connectivity index (χ0v) is 9.71. The summed E-state index contributed by atoms with van der Waals surface area (Å²) < 4.78 is 42.4. The van der Waals surface area contributed by atoms with Crippen LogP contribution < -0.4 is 15.4 Å². The van der Waals surface area contributed by atoms with Crippen LogP contribution in [0.2, 0.25) is 0 Å². The Morgan fingerprint density at radius 2 is 2.28 bits per heavy atom. The van der Waals surface area contributed by atoms with Crippen molar-refractivity contribution < 1.29 is 17.9 Å². The van der Waals surface area contributed by atoms with Gasteiger partial charge in [0.25, 0.3) is 0 Å². The first-order valence-corrected chi connectivity index (χ1v) is 5.46. The lowest BCUT2D eigenvalue weighted by molar-refractivity contribution is -0.139. The molecule has 2 heterocycles. The van der Waals surface area contributed by atoms with E-state index in [1.165, 1.54) is 0 Å². The molecule has 0 saturated carbocycles. The first kappa shape index (κ1) is 12.9. The maximum absolute atomic E-state index is 12.6. The molecule has 2 N–H and O–H groups in total. The van der Waals surface area contributed by atoms with E-state index in [0.29, 0.717) is 0 Å². The molecule has 1 aliphatic heterocycles. The number of methoxy groups -OCH3 is 1. The van der Waals surface area contributed by atoms with Crippen LogP contribution in [0.3, 0.4) is 0 Å². The van der Waals surface area contributed by atoms with E-state index < -0.39 is 17.6 Å². The molecule has 0 amide bonds. The molecule has 0 bridgehead atoms. The second kappa shape index (κ2) is 4.97. The lowest BCUT2D eigenvalue weighted by Gasteiger charge is -2.14. The third-order valence-corrected chi connectivity index (χ3v) is 2.65. The van der Waals surface area contributed by atoms with Crippen molar-refractivity contribution in [3.8, 4) is 5.88 Å². The summed E-state index contributed by atoms with van der Waals surface area (Å²) >= 11 is 0. The van der Waals surface area contributed by atoms with Crippen molar-refractivity contribution in [1.29, 1.82) is 0 Å². The van der Waals surface area contributed by atoms with Gasteiger partial charge >= 0.3 is 6.18 Å². The summed E-state index contributed by atoms with van der Waals surface area (Å²) in [6.45, 7) is 1.61. The van der Waals surface area contributed by atoms with Gasteiger partial charge in [0.2, 0.25) is 11.8 Å². The largest absolute Gasteiger partial charge is 0.480 e. The van der Waals surface area contributed by atoms with Crippen LogP contribution >= 0.6 is 0 Å². The number of hydrogen-bond acceptors (Lipinski definition) is 5. The van der Waals surface area contributed by atoms with Crippen LogP contribution in [0.4, 0.5) is 19.1 Å². The number of alkyl halides is 3. The second-order valence-electron chi connectivity index (χ2n) is 3.95. The molecule has 0 spiro atoms. The summed E-state index contributed by atoms with van der Waals surface area (Å²) in [5.41, 5.74) is -0.972. The average molecular weight is 262 g/mol. The fraction of sp³-hybridized carbons (Fsp3) is 0.600. The molecule has 1 aliphatic rings. The van der Waals surface area contributed by atoms with Crippen LogP contribution in [-0.2, 0) is 6.18 Å². The summed E-state index contributed by atoms with van der Waals surface area (Å²) in [6, 6.07) is 0.131. The van der Waals surface area contributed by atoms with Crippen LogP contribution in [0, 0.1) is 0 Å². The molecule has 8 heteroatoms. The highest BCUT2D eigenvalue weighted by Gasteiger charge is 2.36. The minimum absolute atomic E-state index is 0.131. The van der Waals surface area contributed by atoms with E-state index in [9.17, 15) is 13.2 Å². The van der Waals surface area contributed by atoms with E-state index in [0.717, 1.165) is 32.8 Å². The van der Waals surface area contributed by atoms with Crippen LogP contribution in [0.15, 0.2) is 6.20 Å². The van der Waals surface area contributed by atoms with Crippen LogP contribution in [-0.4, -0.2) is 36.2 Å². The number of rotatable bonds is 3. The molecule has 0 aromatic carbocycles. The third kappa shape index (κ3) is 2.81. The van der Waals surface area contributed by atoms with Crippen molar-refractivity contribution in [3.05, 3.63) is 11.8 Å². The fourth-order valence-electron chi connectivity index (χ4n) is 1.75. The van der Waals surface area contributed by atoms with Gasteiger partial charge in [0.05, 0.1) is 7.11 Å². The van der Waals surface area contributed by atoms with Crippen molar-refractivity contribution in [2.75, 3.05) is 25.5 Å². The minimum Gasteiger partial charge on any atom is -0.480 e. The molecule has 0 radical (unpaired) electrons. The Balaban J connectivity index is 2.18. The van der Waals surface area contributed by atoms with Gasteiger partial charge in [-0.15, -0.1) is 0 Å². The number of aromatic nitrogens is 2. The topological polar surface area (TPSA) is 59.1 Å². The molecule has 0 unspecified atom stereocenters. The van der Waals surface area contributed by atoms with E-state index in [1.807, 2.05) is 0 Å². The smallest absolute Gasteiger partial charge is 0.423 e. The Hall–Kier alpha value is -1.57. The van der Waals surface area contributed by atoms with E-state index >= 15 is 0 Å². The number of nitrogens with one attached hydrogen (secondary N) is 2.